The monoisotopic (exact) mass is 302 g/mol. The van der Waals surface area contributed by atoms with Crippen molar-refractivity contribution in [3.05, 3.63) is 58.0 Å². The Bertz CT molecular complexity index is 737. The highest BCUT2D eigenvalue weighted by molar-refractivity contribution is 5.96. The second kappa shape index (κ2) is 6.80. The maximum Gasteiger partial charge on any atom is 0.256 e. The van der Waals surface area contributed by atoms with Crippen molar-refractivity contribution in [3.8, 4) is 11.5 Å². The first kappa shape index (κ1) is 15.6. The summed E-state index contributed by atoms with van der Waals surface area (Å²) in [6, 6.07) is 8.72. The molecule has 0 bridgehead atoms. The van der Waals surface area contributed by atoms with Crippen LogP contribution in [0, 0.1) is 0 Å². The molecule has 6 nitrogen and oxygen atoms in total. The predicted octanol–water partition coefficient (Wildman–Crippen LogP) is 1.33. The molecule has 1 N–H and O–H groups in total. The lowest BCUT2D eigenvalue weighted by molar-refractivity contribution is 0.0946. The maximum absolute atomic E-state index is 12.3. The fraction of sp³-hybridized carbons (Fsp3) is 0.250. The molecule has 0 atom stereocenters. The normalized spacial score (nSPS) is 10.1. The molecular formula is C16H18N2O4. The first-order valence-electron chi connectivity index (χ1n) is 6.71. The number of para-hydroxylation sites is 1. The molecule has 116 valence electrons. The van der Waals surface area contributed by atoms with Crippen LogP contribution in [0.15, 0.2) is 41.3 Å². The molecule has 0 fully saturated rings. The topological polar surface area (TPSA) is 69.6 Å². The van der Waals surface area contributed by atoms with Crippen LogP contribution in [0.5, 0.6) is 11.5 Å². The van der Waals surface area contributed by atoms with Gasteiger partial charge in [-0.1, -0.05) is 18.2 Å². The van der Waals surface area contributed by atoms with Crippen LogP contribution in [-0.2, 0) is 13.6 Å². The Morgan fingerprint density at radius 3 is 2.55 bits per heavy atom. The summed E-state index contributed by atoms with van der Waals surface area (Å²) in [5, 5.41) is 2.80. The molecule has 2 rings (SSSR count). The van der Waals surface area contributed by atoms with E-state index >= 15 is 0 Å². The van der Waals surface area contributed by atoms with Gasteiger partial charge in [0.15, 0.2) is 0 Å². The minimum Gasteiger partial charge on any atom is -0.496 e. The molecule has 0 spiro atoms. The number of nitrogens with zero attached hydrogens (tertiary/aromatic N) is 1. The summed E-state index contributed by atoms with van der Waals surface area (Å²) in [5.74, 6) is 0.634. The largest absolute Gasteiger partial charge is 0.496 e. The van der Waals surface area contributed by atoms with Crippen molar-refractivity contribution < 1.29 is 14.3 Å². The predicted molar refractivity (Wildman–Crippen MR) is 82.4 cm³/mol. The van der Waals surface area contributed by atoms with Gasteiger partial charge in [0.2, 0.25) is 0 Å². The Morgan fingerprint density at radius 1 is 1.18 bits per heavy atom. The third-order valence-electron chi connectivity index (χ3n) is 3.29. The number of amides is 1. The molecule has 0 radical (unpaired) electrons. The molecule has 0 aliphatic heterocycles. The Balaban J connectivity index is 2.19. The van der Waals surface area contributed by atoms with Crippen molar-refractivity contribution in [2.24, 2.45) is 7.05 Å². The Hall–Kier alpha value is -2.76. The van der Waals surface area contributed by atoms with E-state index in [2.05, 4.69) is 5.32 Å². The molecule has 0 unspecified atom stereocenters. The van der Waals surface area contributed by atoms with Gasteiger partial charge in [0.25, 0.3) is 11.5 Å². The number of carbonyl (C=O) groups is 1. The van der Waals surface area contributed by atoms with Gasteiger partial charge in [0, 0.05) is 31.4 Å². The molecule has 1 amide bonds. The van der Waals surface area contributed by atoms with Crippen molar-refractivity contribution in [1.82, 2.24) is 9.88 Å². The molecule has 0 saturated heterocycles. The first-order chi connectivity index (χ1) is 10.6. The Labute approximate surface area is 128 Å². The van der Waals surface area contributed by atoms with E-state index in [0.29, 0.717) is 17.9 Å². The van der Waals surface area contributed by atoms with Gasteiger partial charge in [-0.2, -0.15) is 0 Å². The minimum absolute atomic E-state index is 0.238. The molecule has 2 aromatic rings. The average molecular weight is 302 g/mol. The zero-order chi connectivity index (χ0) is 16.1. The molecule has 0 aliphatic carbocycles. The molecular weight excluding hydrogens is 284 g/mol. The van der Waals surface area contributed by atoms with E-state index in [9.17, 15) is 9.59 Å². The zero-order valence-electron chi connectivity index (χ0n) is 12.8. The molecule has 22 heavy (non-hydrogen) atoms. The van der Waals surface area contributed by atoms with Crippen LogP contribution in [-0.4, -0.2) is 24.7 Å². The summed E-state index contributed by atoms with van der Waals surface area (Å²) >= 11 is 0. The van der Waals surface area contributed by atoms with Crippen LogP contribution in [0.4, 0.5) is 0 Å². The SMILES string of the molecule is COc1ccccc1CNC(=O)c1cn(C)c(=O)cc1OC. The number of hydrogen-bond donors (Lipinski definition) is 1. The summed E-state index contributed by atoms with van der Waals surface area (Å²) in [5.41, 5.74) is 0.930. The van der Waals surface area contributed by atoms with Crippen LogP contribution in [0.25, 0.3) is 0 Å². The molecule has 1 heterocycles. The van der Waals surface area contributed by atoms with E-state index in [1.165, 1.54) is 23.9 Å². The van der Waals surface area contributed by atoms with E-state index in [-0.39, 0.29) is 17.2 Å². The summed E-state index contributed by atoms with van der Waals surface area (Å²) in [6.45, 7) is 0.314. The van der Waals surface area contributed by atoms with Crippen LogP contribution < -0.4 is 20.3 Å². The standard InChI is InChI=1S/C16H18N2O4/c1-18-10-12(14(22-3)8-15(18)19)16(20)17-9-11-6-4-5-7-13(11)21-2/h4-8,10H,9H2,1-3H3,(H,17,20). The average Bonchev–Trinajstić information content (AvgIpc) is 2.54. The van der Waals surface area contributed by atoms with Gasteiger partial charge in [-0.15, -0.1) is 0 Å². The van der Waals surface area contributed by atoms with Gasteiger partial charge in [-0.25, -0.2) is 0 Å². The molecule has 0 saturated carbocycles. The number of hydrogen-bond acceptors (Lipinski definition) is 4. The molecule has 1 aromatic carbocycles. The second-order valence-electron chi connectivity index (χ2n) is 4.70. The highest BCUT2D eigenvalue weighted by atomic mass is 16.5. The van der Waals surface area contributed by atoms with Crippen LogP contribution in [0.1, 0.15) is 15.9 Å². The van der Waals surface area contributed by atoms with E-state index in [1.54, 1.807) is 14.2 Å². The smallest absolute Gasteiger partial charge is 0.256 e. The summed E-state index contributed by atoms with van der Waals surface area (Å²) in [6.07, 6.45) is 1.46. The Morgan fingerprint density at radius 2 is 1.86 bits per heavy atom. The number of nitrogens with one attached hydrogen (secondary N) is 1. The number of aromatic nitrogens is 1. The van der Waals surface area contributed by atoms with Crippen molar-refractivity contribution in [1.29, 1.82) is 0 Å². The molecule has 1 aromatic heterocycles. The lowest BCUT2D eigenvalue weighted by atomic mass is 10.2. The van der Waals surface area contributed by atoms with Gasteiger partial charge in [-0.3, -0.25) is 9.59 Å². The van der Waals surface area contributed by atoms with E-state index in [1.807, 2.05) is 24.3 Å². The Kier molecular flexibility index (Phi) is 4.83. The van der Waals surface area contributed by atoms with Crippen molar-refractivity contribution in [2.75, 3.05) is 14.2 Å². The number of aryl methyl sites for hydroxylation is 1. The summed E-state index contributed by atoms with van der Waals surface area (Å²) in [7, 11) is 4.58. The number of ether oxygens (including phenoxy) is 2. The van der Waals surface area contributed by atoms with Gasteiger partial charge >= 0.3 is 0 Å². The summed E-state index contributed by atoms with van der Waals surface area (Å²) < 4.78 is 11.7. The van der Waals surface area contributed by atoms with E-state index in [0.717, 1.165) is 5.56 Å². The van der Waals surface area contributed by atoms with Crippen molar-refractivity contribution in [3.63, 3.8) is 0 Å². The van der Waals surface area contributed by atoms with Gasteiger partial charge < -0.3 is 19.4 Å². The number of methoxy groups -OCH3 is 2. The van der Waals surface area contributed by atoms with Gasteiger partial charge in [0.05, 0.1) is 19.8 Å². The fourth-order valence-corrected chi connectivity index (χ4v) is 2.07. The number of pyridine rings is 1. The van der Waals surface area contributed by atoms with E-state index < -0.39 is 0 Å². The first-order valence-corrected chi connectivity index (χ1v) is 6.71. The van der Waals surface area contributed by atoms with Crippen molar-refractivity contribution in [2.45, 2.75) is 6.54 Å². The third kappa shape index (κ3) is 3.28. The fourth-order valence-electron chi connectivity index (χ4n) is 2.07. The number of rotatable bonds is 5. The third-order valence-corrected chi connectivity index (χ3v) is 3.29. The minimum atomic E-state index is -0.321. The van der Waals surface area contributed by atoms with Gasteiger partial charge in [-0.05, 0) is 6.07 Å². The highest BCUT2D eigenvalue weighted by Gasteiger charge is 2.14. The quantitative estimate of drug-likeness (QED) is 0.904. The van der Waals surface area contributed by atoms with Crippen molar-refractivity contribution >= 4 is 5.91 Å². The maximum atomic E-state index is 12.3. The number of carbonyl (C=O) groups excluding carboxylic acids is 1. The van der Waals surface area contributed by atoms with E-state index in [4.69, 9.17) is 9.47 Å². The lowest BCUT2D eigenvalue weighted by Crippen LogP contribution is -2.26. The zero-order valence-corrected chi connectivity index (χ0v) is 12.8. The molecule has 6 heteroatoms. The lowest BCUT2D eigenvalue weighted by Gasteiger charge is -2.12. The number of benzene rings is 1. The van der Waals surface area contributed by atoms with Gasteiger partial charge in [0.1, 0.15) is 11.5 Å². The van der Waals surface area contributed by atoms with Crippen LogP contribution >= 0.6 is 0 Å². The second-order valence-corrected chi connectivity index (χ2v) is 4.70. The highest BCUT2D eigenvalue weighted by Crippen LogP contribution is 2.18. The summed E-state index contributed by atoms with van der Waals surface area (Å²) in [4.78, 5) is 23.9. The molecule has 0 aliphatic rings. The van der Waals surface area contributed by atoms with Crippen LogP contribution in [0.2, 0.25) is 0 Å². The van der Waals surface area contributed by atoms with Crippen LogP contribution in [0.3, 0.4) is 0 Å².